The van der Waals surface area contributed by atoms with Gasteiger partial charge in [0.2, 0.25) is 5.91 Å². The Hall–Kier alpha value is -1.06. The van der Waals surface area contributed by atoms with Gasteiger partial charge in [-0.05, 0) is 6.42 Å². The van der Waals surface area contributed by atoms with Crippen LogP contribution in [-0.2, 0) is 4.79 Å². The van der Waals surface area contributed by atoms with Gasteiger partial charge in [-0.3, -0.25) is 9.69 Å². The molecule has 1 heterocycles. The number of likely N-dealkylation sites (tertiary alicyclic amines) is 1. The minimum Gasteiger partial charge on any atom is -0.351 e. The number of carbonyl (C=O) groups is 2. The van der Waals surface area contributed by atoms with E-state index in [9.17, 15) is 9.59 Å². The molecule has 1 saturated heterocycles. The Morgan fingerprint density at radius 3 is 2.60 bits per heavy atom. The number of nitrogens with two attached hydrogens (primary N) is 1. The maximum Gasteiger partial charge on any atom is 0.321 e. The van der Waals surface area contributed by atoms with E-state index in [1.54, 1.807) is 6.92 Å². The molecule has 0 aromatic rings. The van der Waals surface area contributed by atoms with Crippen LogP contribution in [0.5, 0.6) is 0 Å². The Labute approximate surface area is 59.0 Å². The average molecular weight is 142 g/mol. The predicted molar refractivity (Wildman–Crippen MR) is 35.1 cm³/mol. The van der Waals surface area contributed by atoms with Crippen molar-refractivity contribution < 1.29 is 9.59 Å². The summed E-state index contributed by atoms with van der Waals surface area (Å²) >= 11 is 0. The van der Waals surface area contributed by atoms with Gasteiger partial charge in [-0.25, -0.2) is 4.79 Å². The maximum atomic E-state index is 11.0. The monoisotopic (exact) mass is 142 g/mol. The summed E-state index contributed by atoms with van der Waals surface area (Å²) in [5.41, 5.74) is 4.92. The van der Waals surface area contributed by atoms with Crippen LogP contribution < -0.4 is 5.73 Å². The molecule has 1 aliphatic rings. The third-order valence-electron chi connectivity index (χ3n) is 1.74. The molecule has 1 unspecified atom stereocenters. The lowest BCUT2D eigenvalue weighted by atomic mass is 10.1. The van der Waals surface area contributed by atoms with Gasteiger partial charge in [-0.1, -0.05) is 6.92 Å². The van der Waals surface area contributed by atoms with Gasteiger partial charge in [-0.2, -0.15) is 0 Å². The van der Waals surface area contributed by atoms with E-state index >= 15 is 0 Å². The summed E-state index contributed by atoms with van der Waals surface area (Å²) < 4.78 is 0. The molecule has 4 nitrogen and oxygen atoms in total. The molecular formula is C6H10N2O2. The molecule has 0 saturated carbocycles. The molecule has 0 spiro atoms. The van der Waals surface area contributed by atoms with Crippen molar-refractivity contribution in [3.8, 4) is 0 Å². The largest absolute Gasteiger partial charge is 0.351 e. The molecule has 0 aromatic heterocycles. The molecule has 1 fully saturated rings. The Kier molecular flexibility index (Phi) is 1.61. The third kappa shape index (κ3) is 0.964. The number of urea groups is 1. The van der Waals surface area contributed by atoms with Crippen molar-refractivity contribution in [1.29, 1.82) is 0 Å². The number of carbonyl (C=O) groups excluding carboxylic acids is 2. The summed E-state index contributed by atoms with van der Waals surface area (Å²) in [6.07, 6.45) is 0.738. The van der Waals surface area contributed by atoms with E-state index in [0.29, 0.717) is 6.54 Å². The highest BCUT2D eigenvalue weighted by molar-refractivity contribution is 5.96. The normalized spacial score (nSPS) is 25.5. The van der Waals surface area contributed by atoms with Crippen LogP contribution in [0.1, 0.15) is 13.3 Å². The van der Waals surface area contributed by atoms with E-state index in [4.69, 9.17) is 5.73 Å². The molecule has 4 heteroatoms. The van der Waals surface area contributed by atoms with Gasteiger partial charge in [-0.15, -0.1) is 0 Å². The van der Waals surface area contributed by atoms with Crippen LogP contribution in [0.4, 0.5) is 4.79 Å². The van der Waals surface area contributed by atoms with Crippen LogP contribution in [-0.4, -0.2) is 23.4 Å². The van der Waals surface area contributed by atoms with Gasteiger partial charge in [0.05, 0.1) is 0 Å². The first-order chi connectivity index (χ1) is 4.63. The van der Waals surface area contributed by atoms with E-state index in [1.807, 2.05) is 0 Å². The van der Waals surface area contributed by atoms with Gasteiger partial charge in [0.25, 0.3) is 0 Å². The van der Waals surface area contributed by atoms with Gasteiger partial charge in [0.1, 0.15) is 0 Å². The Morgan fingerprint density at radius 1 is 1.80 bits per heavy atom. The quantitative estimate of drug-likeness (QED) is 0.514. The van der Waals surface area contributed by atoms with Crippen molar-refractivity contribution >= 4 is 11.9 Å². The van der Waals surface area contributed by atoms with Crippen LogP contribution in [0.25, 0.3) is 0 Å². The second-order valence-corrected chi connectivity index (χ2v) is 2.52. The smallest absolute Gasteiger partial charge is 0.321 e. The lowest BCUT2D eigenvalue weighted by Gasteiger charge is -2.08. The molecule has 1 atom stereocenters. The van der Waals surface area contributed by atoms with Crippen molar-refractivity contribution in [2.75, 3.05) is 6.54 Å². The number of primary amides is 1. The van der Waals surface area contributed by atoms with Crippen LogP contribution in [0.3, 0.4) is 0 Å². The van der Waals surface area contributed by atoms with E-state index in [2.05, 4.69) is 0 Å². The first-order valence-corrected chi connectivity index (χ1v) is 3.23. The highest BCUT2D eigenvalue weighted by atomic mass is 16.2. The molecule has 0 radical (unpaired) electrons. The van der Waals surface area contributed by atoms with E-state index in [-0.39, 0.29) is 11.8 Å². The molecule has 1 aliphatic heterocycles. The molecule has 10 heavy (non-hydrogen) atoms. The van der Waals surface area contributed by atoms with E-state index in [1.165, 1.54) is 0 Å². The number of hydrogen-bond acceptors (Lipinski definition) is 2. The summed E-state index contributed by atoms with van der Waals surface area (Å²) in [4.78, 5) is 22.5. The predicted octanol–water partition coefficient (Wildman–Crippen LogP) is -0.0665. The standard InChI is InChI=1S/C6H10N2O2/c1-4-2-3-8(5(4)9)6(7)10/h4H,2-3H2,1H3,(H2,7,10). The number of amides is 3. The minimum absolute atomic E-state index is 0.0347. The third-order valence-corrected chi connectivity index (χ3v) is 1.74. The van der Waals surface area contributed by atoms with E-state index < -0.39 is 6.03 Å². The molecule has 0 aliphatic carbocycles. The van der Waals surface area contributed by atoms with E-state index in [0.717, 1.165) is 11.3 Å². The van der Waals surface area contributed by atoms with Crippen molar-refractivity contribution in [2.45, 2.75) is 13.3 Å². The summed E-state index contributed by atoms with van der Waals surface area (Å²) in [6.45, 7) is 2.28. The van der Waals surface area contributed by atoms with Crippen LogP contribution in [0, 0.1) is 5.92 Å². The number of rotatable bonds is 0. The Bertz CT molecular complexity index is 179. The maximum absolute atomic E-state index is 11.0. The minimum atomic E-state index is -0.630. The number of hydrogen-bond donors (Lipinski definition) is 1. The first-order valence-electron chi connectivity index (χ1n) is 3.23. The highest BCUT2D eigenvalue weighted by Gasteiger charge is 2.30. The van der Waals surface area contributed by atoms with Crippen LogP contribution in [0.2, 0.25) is 0 Å². The molecular weight excluding hydrogens is 132 g/mol. The fourth-order valence-corrected chi connectivity index (χ4v) is 1.04. The van der Waals surface area contributed by atoms with Crippen molar-refractivity contribution in [1.82, 2.24) is 4.90 Å². The molecule has 56 valence electrons. The van der Waals surface area contributed by atoms with Crippen LogP contribution >= 0.6 is 0 Å². The first kappa shape index (κ1) is 7.05. The molecule has 3 amide bonds. The zero-order valence-corrected chi connectivity index (χ0v) is 5.83. The van der Waals surface area contributed by atoms with Gasteiger partial charge in [0.15, 0.2) is 0 Å². The summed E-state index contributed by atoms with van der Waals surface area (Å²) in [5, 5.41) is 0. The van der Waals surface area contributed by atoms with Gasteiger partial charge >= 0.3 is 6.03 Å². The Morgan fingerprint density at radius 2 is 2.40 bits per heavy atom. The lowest BCUT2D eigenvalue weighted by Crippen LogP contribution is -2.37. The highest BCUT2D eigenvalue weighted by Crippen LogP contribution is 2.15. The lowest BCUT2D eigenvalue weighted by molar-refractivity contribution is -0.127. The van der Waals surface area contributed by atoms with Gasteiger partial charge < -0.3 is 5.73 Å². The van der Waals surface area contributed by atoms with Crippen molar-refractivity contribution in [2.24, 2.45) is 11.7 Å². The van der Waals surface area contributed by atoms with Crippen molar-refractivity contribution in [3.05, 3.63) is 0 Å². The molecule has 2 N–H and O–H groups in total. The SMILES string of the molecule is CC1CCN(C(N)=O)C1=O. The molecule has 0 bridgehead atoms. The van der Waals surface area contributed by atoms with Crippen molar-refractivity contribution in [3.63, 3.8) is 0 Å². The average Bonchev–Trinajstić information content (AvgIpc) is 2.14. The fraction of sp³-hybridized carbons (Fsp3) is 0.667. The number of nitrogens with zero attached hydrogens (tertiary/aromatic N) is 1. The summed E-state index contributed by atoms with van der Waals surface area (Å²) in [6, 6.07) is -0.630. The zero-order valence-electron chi connectivity index (χ0n) is 5.83. The second kappa shape index (κ2) is 2.28. The van der Waals surface area contributed by atoms with Gasteiger partial charge in [0, 0.05) is 12.5 Å². The molecule has 0 aromatic carbocycles. The Balaban J connectivity index is 2.66. The number of imide groups is 1. The second-order valence-electron chi connectivity index (χ2n) is 2.52. The van der Waals surface area contributed by atoms with Crippen LogP contribution in [0.15, 0.2) is 0 Å². The molecule has 1 rings (SSSR count). The zero-order chi connectivity index (χ0) is 7.72. The topological polar surface area (TPSA) is 63.4 Å². The summed E-state index contributed by atoms with van der Waals surface area (Å²) in [7, 11) is 0. The summed E-state index contributed by atoms with van der Waals surface area (Å²) in [5.74, 6) is -0.181. The fourth-order valence-electron chi connectivity index (χ4n) is 1.04.